The third-order valence-electron chi connectivity index (χ3n) is 2.31. The normalized spacial score (nSPS) is 13.2. The summed E-state index contributed by atoms with van der Waals surface area (Å²) in [5.74, 6) is 0.828. The van der Waals surface area contributed by atoms with Gasteiger partial charge in [-0.25, -0.2) is 8.42 Å². The van der Waals surface area contributed by atoms with Crippen LogP contribution in [0.25, 0.3) is 0 Å². The average Bonchev–Trinajstić information content (AvgIpc) is 2.17. The number of methoxy groups -OCH3 is 1. The summed E-state index contributed by atoms with van der Waals surface area (Å²) in [4.78, 5) is 0. The van der Waals surface area contributed by atoms with Crippen molar-refractivity contribution in [2.24, 2.45) is 0 Å². The van der Waals surface area contributed by atoms with Crippen LogP contribution in [0, 0.1) is 6.92 Å². The fraction of sp³-hybridized carbons (Fsp3) is 0.500. The fourth-order valence-electron chi connectivity index (χ4n) is 1.68. The molecule has 0 fully saturated rings. The fourth-order valence-corrected chi connectivity index (χ4v) is 2.67. The first kappa shape index (κ1) is 13.8. The molecule has 4 nitrogen and oxygen atoms in total. The van der Waals surface area contributed by atoms with Crippen LogP contribution >= 0.6 is 0 Å². The number of sulfone groups is 1. The van der Waals surface area contributed by atoms with E-state index in [-0.39, 0.29) is 11.8 Å². The summed E-state index contributed by atoms with van der Waals surface area (Å²) in [7, 11) is -1.38. The predicted octanol–water partition coefficient (Wildman–Crippen LogP) is 1.85. The Morgan fingerprint density at radius 2 is 2.06 bits per heavy atom. The minimum Gasteiger partial charge on any atom is -0.495 e. The Hall–Kier alpha value is -1.23. The maximum absolute atomic E-state index is 11.2. The minimum atomic E-state index is -2.97. The van der Waals surface area contributed by atoms with E-state index >= 15 is 0 Å². The molecule has 0 heterocycles. The van der Waals surface area contributed by atoms with Gasteiger partial charge in [0, 0.05) is 12.3 Å². The summed E-state index contributed by atoms with van der Waals surface area (Å²) in [6, 6.07) is 5.61. The highest BCUT2D eigenvalue weighted by atomic mass is 32.2. The van der Waals surface area contributed by atoms with Gasteiger partial charge in [0.25, 0.3) is 0 Å². The molecule has 1 aromatic rings. The molecule has 0 radical (unpaired) electrons. The molecule has 0 amide bonds. The lowest BCUT2D eigenvalue weighted by Gasteiger charge is -2.17. The molecule has 96 valence electrons. The Balaban J connectivity index is 2.81. The van der Waals surface area contributed by atoms with Crippen LogP contribution in [0.1, 0.15) is 12.5 Å². The summed E-state index contributed by atoms with van der Waals surface area (Å²) in [5, 5.41) is 3.14. The largest absolute Gasteiger partial charge is 0.495 e. The summed E-state index contributed by atoms with van der Waals surface area (Å²) in [6.45, 7) is 3.81. The molecule has 0 spiro atoms. The number of hydrogen-bond donors (Lipinski definition) is 1. The van der Waals surface area contributed by atoms with Crippen LogP contribution in [0.2, 0.25) is 0 Å². The molecular weight excluding hydrogens is 238 g/mol. The van der Waals surface area contributed by atoms with Crippen LogP contribution in [0.3, 0.4) is 0 Å². The Bertz CT molecular complexity index is 483. The quantitative estimate of drug-likeness (QED) is 0.874. The zero-order valence-electron chi connectivity index (χ0n) is 10.6. The standard InChI is InChI=1S/C12H19NO3S/c1-9-5-6-11(12(7-9)16-3)13-10(2)8-17(4,14)15/h5-7,10,13H,8H2,1-4H3. The van der Waals surface area contributed by atoms with Gasteiger partial charge < -0.3 is 10.1 Å². The molecule has 5 heteroatoms. The molecule has 0 bridgehead atoms. The van der Waals surface area contributed by atoms with Gasteiger partial charge in [0.15, 0.2) is 0 Å². The van der Waals surface area contributed by atoms with Gasteiger partial charge in [0.1, 0.15) is 15.6 Å². The van der Waals surface area contributed by atoms with Crippen LogP contribution in [-0.2, 0) is 9.84 Å². The second-order valence-corrected chi connectivity index (χ2v) is 6.53. The molecule has 1 atom stereocenters. The van der Waals surface area contributed by atoms with E-state index in [0.717, 1.165) is 17.0 Å². The second-order valence-electron chi connectivity index (χ2n) is 4.34. The van der Waals surface area contributed by atoms with Crippen LogP contribution in [0.5, 0.6) is 5.75 Å². The highest BCUT2D eigenvalue weighted by Crippen LogP contribution is 2.25. The van der Waals surface area contributed by atoms with Gasteiger partial charge in [-0.2, -0.15) is 0 Å². The molecule has 1 unspecified atom stereocenters. The molecule has 0 saturated carbocycles. The van der Waals surface area contributed by atoms with Crippen molar-refractivity contribution in [2.45, 2.75) is 19.9 Å². The number of hydrogen-bond acceptors (Lipinski definition) is 4. The summed E-state index contributed by atoms with van der Waals surface area (Å²) >= 11 is 0. The molecule has 0 saturated heterocycles. The van der Waals surface area contributed by atoms with Crippen LogP contribution < -0.4 is 10.1 Å². The number of ether oxygens (including phenoxy) is 1. The second kappa shape index (κ2) is 5.40. The molecule has 1 N–H and O–H groups in total. The van der Waals surface area contributed by atoms with E-state index in [9.17, 15) is 8.42 Å². The first-order valence-electron chi connectivity index (χ1n) is 5.40. The Morgan fingerprint density at radius 3 is 2.59 bits per heavy atom. The maximum atomic E-state index is 11.2. The number of anilines is 1. The molecule has 1 rings (SSSR count). The lowest BCUT2D eigenvalue weighted by molar-refractivity contribution is 0.416. The van der Waals surface area contributed by atoms with Gasteiger partial charge in [0.05, 0.1) is 18.6 Å². The summed E-state index contributed by atoms with van der Waals surface area (Å²) in [5.41, 5.74) is 1.91. The van der Waals surface area contributed by atoms with Crippen molar-refractivity contribution >= 4 is 15.5 Å². The van der Waals surface area contributed by atoms with E-state index in [2.05, 4.69) is 5.32 Å². The number of rotatable bonds is 5. The zero-order valence-corrected chi connectivity index (χ0v) is 11.5. The molecule has 0 aromatic heterocycles. The van der Waals surface area contributed by atoms with Crippen molar-refractivity contribution in [1.82, 2.24) is 0 Å². The lowest BCUT2D eigenvalue weighted by Crippen LogP contribution is -2.25. The molecular formula is C12H19NO3S. The van der Waals surface area contributed by atoms with Crippen molar-refractivity contribution in [2.75, 3.05) is 24.4 Å². The molecule has 0 aliphatic carbocycles. The van der Waals surface area contributed by atoms with E-state index < -0.39 is 9.84 Å². The van der Waals surface area contributed by atoms with Crippen molar-refractivity contribution in [3.05, 3.63) is 23.8 Å². The Labute approximate surface area is 103 Å². The molecule has 17 heavy (non-hydrogen) atoms. The van der Waals surface area contributed by atoms with E-state index in [1.807, 2.05) is 32.0 Å². The smallest absolute Gasteiger partial charge is 0.149 e. The van der Waals surface area contributed by atoms with Crippen LogP contribution in [0.4, 0.5) is 5.69 Å². The Kier molecular flexibility index (Phi) is 4.40. The van der Waals surface area contributed by atoms with Gasteiger partial charge >= 0.3 is 0 Å². The van der Waals surface area contributed by atoms with Crippen LogP contribution in [0.15, 0.2) is 18.2 Å². The lowest BCUT2D eigenvalue weighted by atomic mass is 10.2. The van der Waals surface area contributed by atoms with E-state index in [1.54, 1.807) is 7.11 Å². The molecule has 1 aromatic carbocycles. The van der Waals surface area contributed by atoms with Crippen molar-refractivity contribution < 1.29 is 13.2 Å². The first-order chi connectivity index (χ1) is 7.81. The first-order valence-corrected chi connectivity index (χ1v) is 7.47. The van der Waals surface area contributed by atoms with Gasteiger partial charge in [0.2, 0.25) is 0 Å². The third kappa shape index (κ3) is 4.65. The van der Waals surface area contributed by atoms with Gasteiger partial charge in [-0.1, -0.05) is 6.07 Å². The van der Waals surface area contributed by atoms with Gasteiger partial charge in [-0.05, 0) is 31.5 Å². The SMILES string of the molecule is COc1cc(C)ccc1NC(C)CS(C)(=O)=O. The molecule has 0 aliphatic rings. The highest BCUT2D eigenvalue weighted by Gasteiger charge is 2.12. The molecule has 0 aliphatic heterocycles. The number of aryl methyl sites for hydroxylation is 1. The Morgan fingerprint density at radius 1 is 1.41 bits per heavy atom. The van der Waals surface area contributed by atoms with E-state index in [1.165, 1.54) is 6.26 Å². The predicted molar refractivity (Wildman–Crippen MR) is 70.5 cm³/mol. The minimum absolute atomic E-state index is 0.101. The number of benzene rings is 1. The van der Waals surface area contributed by atoms with Gasteiger partial charge in [-0.15, -0.1) is 0 Å². The van der Waals surface area contributed by atoms with Crippen molar-refractivity contribution in [1.29, 1.82) is 0 Å². The van der Waals surface area contributed by atoms with Crippen molar-refractivity contribution in [3.63, 3.8) is 0 Å². The van der Waals surface area contributed by atoms with E-state index in [0.29, 0.717) is 0 Å². The zero-order chi connectivity index (χ0) is 13.1. The third-order valence-corrected chi connectivity index (χ3v) is 3.42. The average molecular weight is 257 g/mol. The topological polar surface area (TPSA) is 55.4 Å². The monoisotopic (exact) mass is 257 g/mol. The van der Waals surface area contributed by atoms with Crippen molar-refractivity contribution in [3.8, 4) is 5.75 Å². The van der Waals surface area contributed by atoms with Gasteiger partial charge in [-0.3, -0.25) is 0 Å². The highest BCUT2D eigenvalue weighted by molar-refractivity contribution is 7.90. The van der Waals surface area contributed by atoms with Crippen LogP contribution in [-0.4, -0.2) is 33.6 Å². The summed E-state index contributed by atoms with van der Waals surface area (Å²) < 4.78 is 27.6. The maximum Gasteiger partial charge on any atom is 0.149 e. The van der Waals surface area contributed by atoms with E-state index in [4.69, 9.17) is 4.74 Å². The number of nitrogens with one attached hydrogen (secondary N) is 1. The summed E-state index contributed by atoms with van der Waals surface area (Å²) in [6.07, 6.45) is 1.23.